The van der Waals surface area contributed by atoms with Gasteiger partial charge in [-0.05, 0) is 35.7 Å². The molecule has 0 saturated carbocycles. The van der Waals surface area contributed by atoms with Gasteiger partial charge in [0.1, 0.15) is 0 Å². The number of thiophene rings is 1. The third-order valence-corrected chi connectivity index (χ3v) is 5.34. The number of carbonyl (C=O) groups excluding carboxylic acids is 1. The molecular weight excluding hydrogens is 330 g/mol. The predicted molar refractivity (Wildman–Crippen MR) is 102 cm³/mol. The Morgan fingerprint density at radius 2 is 1.76 bits per heavy atom. The van der Waals surface area contributed by atoms with Crippen LogP contribution in [0.3, 0.4) is 0 Å². The number of carbonyl (C=O) groups is 1. The molecule has 4 nitrogen and oxygen atoms in total. The van der Waals surface area contributed by atoms with E-state index in [1.165, 1.54) is 0 Å². The lowest BCUT2D eigenvalue weighted by Crippen LogP contribution is -2.12. The smallest absolute Gasteiger partial charge is 0.249 e. The van der Waals surface area contributed by atoms with Crippen molar-refractivity contribution in [3.63, 3.8) is 0 Å². The van der Waals surface area contributed by atoms with Crippen LogP contribution in [0, 0.1) is 6.92 Å². The number of fused-ring (bicyclic) bond motifs is 1. The number of rotatable bonds is 3. The summed E-state index contributed by atoms with van der Waals surface area (Å²) in [5, 5.41) is 8.88. The summed E-state index contributed by atoms with van der Waals surface area (Å²) in [6.07, 6.45) is 3.47. The molecule has 0 aliphatic rings. The van der Waals surface area contributed by atoms with E-state index in [4.69, 9.17) is 5.73 Å². The van der Waals surface area contributed by atoms with Crippen molar-refractivity contribution in [2.45, 2.75) is 6.92 Å². The van der Waals surface area contributed by atoms with E-state index < -0.39 is 5.91 Å². The van der Waals surface area contributed by atoms with Gasteiger partial charge >= 0.3 is 0 Å². The van der Waals surface area contributed by atoms with E-state index in [0.29, 0.717) is 5.56 Å². The maximum Gasteiger partial charge on any atom is 0.249 e. The van der Waals surface area contributed by atoms with Crippen LogP contribution in [-0.4, -0.2) is 16.1 Å². The molecule has 2 aromatic heterocycles. The molecule has 0 unspecified atom stereocenters. The van der Waals surface area contributed by atoms with Crippen molar-refractivity contribution in [2.75, 3.05) is 0 Å². The van der Waals surface area contributed by atoms with Gasteiger partial charge in [-0.2, -0.15) is 10.2 Å². The number of hydrogen-bond donors (Lipinski definition) is 1. The quantitative estimate of drug-likeness (QED) is 0.597. The fourth-order valence-electron chi connectivity index (χ4n) is 3.05. The first-order valence-electron chi connectivity index (χ1n) is 7.84. The normalized spacial score (nSPS) is 10.9. The Kier molecular flexibility index (Phi) is 3.78. The number of aryl methyl sites for hydroxylation is 1. The van der Waals surface area contributed by atoms with Crippen LogP contribution in [0.2, 0.25) is 0 Å². The van der Waals surface area contributed by atoms with E-state index in [9.17, 15) is 4.79 Å². The highest BCUT2D eigenvalue weighted by Gasteiger charge is 2.18. The van der Waals surface area contributed by atoms with E-state index in [2.05, 4.69) is 29.3 Å². The molecule has 4 aromatic rings. The summed E-state index contributed by atoms with van der Waals surface area (Å²) in [6, 6.07) is 15.9. The molecule has 0 atom stereocenters. The van der Waals surface area contributed by atoms with E-state index in [0.717, 1.165) is 37.2 Å². The van der Waals surface area contributed by atoms with Gasteiger partial charge in [0, 0.05) is 21.4 Å². The number of nitrogens with two attached hydrogens (primary N) is 1. The van der Waals surface area contributed by atoms with Crippen molar-refractivity contribution < 1.29 is 4.79 Å². The zero-order valence-electron chi connectivity index (χ0n) is 13.6. The second kappa shape index (κ2) is 6.11. The van der Waals surface area contributed by atoms with Crippen molar-refractivity contribution in [2.24, 2.45) is 5.73 Å². The average Bonchev–Trinajstić information content (AvgIpc) is 3.05. The second-order valence-corrected chi connectivity index (χ2v) is 6.91. The molecule has 122 valence electrons. The zero-order valence-corrected chi connectivity index (χ0v) is 14.4. The highest BCUT2D eigenvalue weighted by molar-refractivity contribution is 7.22. The first-order valence-corrected chi connectivity index (χ1v) is 8.66. The lowest BCUT2D eigenvalue weighted by atomic mass is 9.91. The summed E-state index contributed by atoms with van der Waals surface area (Å²) in [6.45, 7) is 2.06. The molecule has 0 saturated heterocycles. The second-order valence-electron chi connectivity index (χ2n) is 5.83. The Morgan fingerprint density at radius 1 is 1.00 bits per heavy atom. The van der Waals surface area contributed by atoms with Crippen LogP contribution in [0.25, 0.3) is 31.7 Å². The molecule has 2 heterocycles. The molecule has 2 aromatic carbocycles. The molecule has 1 amide bonds. The van der Waals surface area contributed by atoms with Gasteiger partial charge in [0.05, 0.1) is 17.1 Å². The SMILES string of the molecule is Cc1ccccc1-c1cccc(C(N)=O)c1-c1cc2cnncc2s1. The highest BCUT2D eigenvalue weighted by Crippen LogP contribution is 2.41. The highest BCUT2D eigenvalue weighted by atomic mass is 32.1. The minimum Gasteiger partial charge on any atom is -0.366 e. The van der Waals surface area contributed by atoms with E-state index in [1.54, 1.807) is 29.8 Å². The van der Waals surface area contributed by atoms with E-state index in [-0.39, 0.29) is 0 Å². The predicted octanol–water partition coefficient (Wildman–Crippen LogP) is 4.43. The number of hydrogen-bond acceptors (Lipinski definition) is 4. The Bertz CT molecular complexity index is 1070. The molecule has 4 rings (SSSR count). The molecule has 5 heteroatoms. The van der Waals surface area contributed by atoms with Crippen LogP contribution in [0.5, 0.6) is 0 Å². The van der Waals surface area contributed by atoms with Crippen molar-refractivity contribution in [3.8, 4) is 21.6 Å². The Hall–Kier alpha value is -3.05. The molecule has 0 spiro atoms. The standard InChI is InChI=1S/C20H15N3OS/c1-12-5-2-3-6-14(12)15-7-4-8-16(20(21)24)19(15)17-9-13-10-22-23-11-18(13)25-17/h2-11H,1H3,(H2,21,24). The molecule has 0 fully saturated rings. The number of amides is 1. The summed E-state index contributed by atoms with van der Waals surface area (Å²) >= 11 is 1.59. The van der Waals surface area contributed by atoms with Crippen molar-refractivity contribution in [3.05, 3.63) is 72.1 Å². The van der Waals surface area contributed by atoms with Crippen LogP contribution >= 0.6 is 11.3 Å². The lowest BCUT2D eigenvalue weighted by Gasteiger charge is -2.14. The van der Waals surface area contributed by atoms with Crippen molar-refractivity contribution in [1.29, 1.82) is 0 Å². The first-order chi connectivity index (χ1) is 12.1. The number of primary amides is 1. The first kappa shape index (κ1) is 15.5. The van der Waals surface area contributed by atoms with Crippen LogP contribution in [0.4, 0.5) is 0 Å². The fraction of sp³-hybridized carbons (Fsp3) is 0.0500. The molecule has 0 aliphatic heterocycles. The third-order valence-electron chi connectivity index (χ3n) is 4.24. The molecule has 0 aliphatic carbocycles. The van der Waals surface area contributed by atoms with Gasteiger partial charge < -0.3 is 5.73 Å². The van der Waals surface area contributed by atoms with Crippen molar-refractivity contribution in [1.82, 2.24) is 10.2 Å². The molecule has 0 radical (unpaired) electrons. The van der Waals surface area contributed by atoms with E-state index in [1.807, 2.05) is 30.3 Å². The van der Waals surface area contributed by atoms with Gasteiger partial charge in [0.25, 0.3) is 0 Å². The monoisotopic (exact) mass is 345 g/mol. The summed E-state index contributed by atoms with van der Waals surface area (Å²) < 4.78 is 1.03. The Balaban J connectivity index is 2.05. The molecular formula is C20H15N3OS. The van der Waals surface area contributed by atoms with Gasteiger partial charge in [-0.1, -0.05) is 36.4 Å². The topological polar surface area (TPSA) is 68.9 Å². The molecule has 0 bridgehead atoms. The summed E-state index contributed by atoms with van der Waals surface area (Å²) in [7, 11) is 0. The number of nitrogens with zero attached hydrogens (tertiary/aromatic N) is 2. The minimum absolute atomic E-state index is 0.431. The van der Waals surface area contributed by atoms with Gasteiger partial charge in [-0.25, -0.2) is 0 Å². The van der Waals surface area contributed by atoms with Crippen LogP contribution < -0.4 is 5.73 Å². The third kappa shape index (κ3) is 2.68. The van der Waals surface area contributed by atoms with Crippen LogP contribution in [-0.2, 0) is 0 Å². The number of aromatic nitrogens is 2. The minimum atomic E-state index is -0.431. The molecule has 2 N–H and O–H groups in total. The fourth-order valence-corrected chi connectivity index (χ4v) is 4.12. The Labute approximate surface area is 149 Å². The van der Waals surface area contributed by atoms with Gasteiger partial charge in [0.2, 0.25) is 5.91 Å². The summed E-state index contributed by atoms with van der Waals surface area (Å²) in [4.78, 5) is 13.1. The van der Waals surface area contributed by atoms with Gasteiger partial charge in [0.15, 0.2) is 0 Å². The van der Waals surface area contributed by atoms with Gasteiger partial charge in [-0.3, -0.25) is 4.79 Å². The summed E-state index contributed by atoms with van der Waals surface area (Å²) in [5.41, 5.74) is 10.3. The largest absolute Gasteiger partial charge is 0.366 e. The van der Waals surface area contributed by atoms with Crippen LogP contribution in [0.15, 0.2) is 60.9 Å². The summed E-state index contributed by atoms with van der Waals surface area (Å²) in [5.74, 6) is -0.431. The number of benzene rings is 2. The van der Waals surface area contributed by atoms with Gasteiger partial charge in [-0.15, -0.1) is 11.3 Å². The lowest BCUT2D eigenvalue weighted by molar-refractivity contribution is 0.100. The van der Waals surface area contributed by atoms with E-state index >= 15 is 0 Å². The zero-order chi connectivity index (χ0) is 17.4. The Morgan fingerprint density at radius 3 is 2.52 bits per heavy atom. The van der Waals surface area contributed by atoms with Crippen LogP contribution in [0.1, 0.15) is 15.9 Å². The maximum atomic E-state index is 12.1. The van der Waals surface area contributed by atoms with Crippen molar-refractivity contribution >= 4 is 27.3 Å². The molecule has 25 heavy (non-hydrogen) atoms. The average molecular weight is 345 g/mol. The maximum absolute atomic E-state index is 12.1.